The molecule has 0 aliphatic rings. The van der Waals surface area contributed by atoms with Crippen molar-refractivity contribution in [2.45, 2.75) is 348 Å². The molecule has 0 aliphatic carbocycles. The van der Waals surface area contributed by atoms with Crippen LogP contribution in [0.15, 0.2) is 72.9 Å². The second-order valence-electron chi connectivity index (χ2n) is 22.4. The van der Waals surface area contributed by atoms with E-state index in [1.807, 2.05) is 0 Å². The first-order valence-electron chi connectivity index (χ1n) is 33.4. The van der Waals surface area contributed by atoms with Crippen LogP contribution >= 0.6 is 0 Å². The molecule has 0 saturated carbocycles. The number of rotatable bonds is 61. The third-order valence-corrected chi connectivity index (χ3v) is 14.7. The zero-order valence-electron chi connectivity index (χ0n) is 51.2. The molecule has 0 aromatic rings. The molecule has 446 valence electrons. The quantitative estimate of drug-likeness (QED) is 0.0261. The molecule has 0 amide bonds. The molecule has 0 spiro atoms. The largest absolute Gasteiger partial charge is 0.462 e. The minimum absolute atomic E-state index is 0.0728. The normalized spacial score (nSPS) is 12.5. The van der Waals surface area contributed by atoms with Gasteiger partial charge in [0, 0.05) is 19.3 Å². The maximum atomic E-state index is 12.9. The molecule has 77 heavy (non-hydrogen) atoms. The summed E-state index contributed by atoms with van der Waals surface area (Å²) in [7, 11) is 0. The van der Waals surface area contributed by atoms with Gasteiger partial charge in [0.25, 0.3) is 0 Å². The van der Waals surface area contributed by atoms with Crippen LogP contribution in [0.5, 0.6) is 0 Å². The van der Waals surface area contributed by atoms with Gasteiger partial charge in [-0.25, -0.2) is 0 Å². The third kappa shape index (κ3) is 63.6. The zero-order chi connectivity index (χ0) is 55.7. The lowest BCUT2D eigenvalue weighted by Gasteiger charge is -2.18. The average Bonchev–Trinajstić information content (AvgIpc) is 3.43. The Bertz CT molecular complexity index is 1420. The van der Waals surface area contributed by atoms with E-state index in [1.165, 1.54) is 212 Å². The lowest BCUT2D eigenvalue weighted by atomic mass is 10.0. The molecule has 0 saturated heterocycles. The Morgan fingerprint density at radius 2 is 0.506 bits per heavy atom. The Morgan fingerprint density at radius 3 is 0.792 bits per heavy atom. The van der Waals surface area contributed by atoms with E-state index in [2.05, 4.69) is 93.7 Å². The van der Waals surface area contributed by atoms with Crippen molar-refractivity contribution >= 4 is 17.9 Å². The van der Waals surface area contributed by atoms with Gasteiger partial charge in [-0.05, 0) is 89.9 Å². The fourth-order valence-electron chi connectivity index (χ4n) is 9.70. The van der Waals surface area contributed by atoms with Crippen LogP contribution in [-0.2, 0) is 28.6 Å². The molecule has 0 radical (unpaired) electrons. The number of ether oxygens (including phenoxy) is 3. The molecule has 1 atom stereocenters. The summed E-state index contributed by atoms with van der Waals surface area (Å²) in [6.07, 6.45) is 84.9. The van der Waals surface area contributed by atoms with Gasteiger partial charge >= 0.3 is 17.9 Å². The first-order valence-corrected chi connectivity index (χ1v) is 33.4. The van der Waals surface area contributed by atoms with Crippen LogP contribution in [-0.4, -0.2) is 37.2 Å². The molecule has 0 N–H and O–H groups in total. The highest BCUT2D eigenvalue weighted by Gasteiger charge is 2.19. The van der Waals surface area contributed by atoms with Crippen LogP contribution < -0.4 is 0 Å². The highest BCUT2D eigenvalue weighted by atomic mass is 16.6. The van der Waals surface area contributed by atoms with Crippen LogP contribution in [0.4, 0.5) is 0 Å². The maximum absolute atomic E-state index is 12.9. The summed E-state index contributed by atoms with van der Waals surface area (Å²) in [4.78, 5) is 38.3. The van der Waals surface area contributed by atoms with Crippen LogP contribution in [0.1, 0.15) is 342 Å². The monoisotopic (exact) mass is 1070 g/mol. The number of carbonyl (C=O) groups excluding carboxylic acids is 3. The topological polar surface area (TPSA) is 78.9 Å². The molecule has 0 bridgehead atoms. The van der Waals surface area contributed by atoms with E-state index in [0.717, 1.165) is 89.9 Å². The van der Waals surface area contributed by atoms with Crippen molar-refractivity contribution in [3.8, 4) is 0 Å². The molecule has 0 rings (SSSR count). The minimum Gasteiger partial charge on any atom is -0.462 e. The van der Waals surface area contributed by atoms with Gasteiger partial charge in [-0.15, -0.1) is 0 Å². The molecular formula is C71H126O6. The molecule has 1 unspecified atom stereocenters. The smallest absolute Gasteiger partial charge is 0.306 e. The van der Waals surface area contributed by atoms with E-state index in [1.54, 1.807) is 0 Å². The highest BCUT2D eigenvalue weighted by Crippen LogP contribution is 2.17. The number of hydrogen-bond acceptors (Lipinski definition) is 6. The summed E-state index contributed by atoms with van der Waals surface area (Å²) in [6, 6.07) is 0. The molecule has 0 fully saturated rings. The number of esters is 3. The van der Waals surface area contributed by atoms with E-state index >= 15 is 0 Å². The summed E-state index contributed by atoms with van der Waals surface area (Å²) in [6.45, 7) is 6.55. The third-order valence-electron chi connectivity index (χ3n) is 14.7. The SMILES string of the molecule is CC/C=C\C/C=C\C/C=C\C/C=C\CCCCCCCCCCCCCCCCC(=O)OCC(COC(=O)CCCCCCCCCCCCC)OC(=O)CCCCCCCCCCC/C=C\C/C=C\CCCCCCC. The molecule has 0 aromatic heterocycles. The standard InChI is InChI=1S/C71H126O6/c1-4-7-10-13-16-19-22-24-26-28-30-32-33-34-35-36-37-39-40-42-44-46-49-52-55-58-61-64-70(73)76-67-68(66-75-69(72)63-60-57-54-51-48-21-18-15-12-9-6-3)77-71(74)65-62-59-56-53-50-47-45-43-41-38-31-29-27-25-23-20-17-14-11-8-5-2/h7,10,16,19,23-26,29-32,68H,4-6,8-9,11-15,17-18,20-22,27-28,33-67H2,1-3H3/b10-7-,19-16-,25-23-,26-24-,31-29-,32-30-. The second-order valence-corrected chi connectivity index (χ2v) is 22.4. The van der Waals surface area contributed by atoms with E-state index in [-0.39, 0.29) is 31.1 Å². The van der Waals surface area contributed by atoms with Crippen LogP contribution in [0.3, 0.4) is 0 Å². The highest BCUT2D eigenvalue weighted by molar-refractivity contribution is 5.71. The van der Waals surface area contributed by atoms with Gasteiger partial charge in [0.2, 0.25) is 0 Å². The summed E-state index contributed by atoms with van der Waals surface area (Å²) in [5, 5.41) is 0. The van der Waals surface area contributed by atoms with Crippen molar-refractivity contribution in [2.75, 3.05) is 13.2 Å². The fourth-order valence-corrected chi connectivity index (χ4v) is 9.70. The predicted octanol–water partition coefficient (Wildman–Crippen LogP) is 22.9. The first-order chi connectivity index (χ1) is 38.0. The Morgan fingerprint density at radius 1 is 0.273 bits per heavy atom. The second kappa shape index (κ2) is 65.4. The Kier molecular flexibility index (Phi) is 62.7. The van der Waals surface area contributed by atoms with E-state index in [4.69, 9.17) is 14.2 Å². The van der Waals surface area contributed by atoms with E-state index < -0.39 is 6.10 Å². The minimum atomic E-state index is -0.776. The summed E-state index contributed by atoms with van der Waals surface area (Å²) in [5.41, 5.74) is 0. The molecular weight excluding hydrogens is 949 g/mol. The Balaban J connectivity index is 4.22. The van der Waals surface area contributed by atoms with Gasteiger partial charge in [-0.3, -0.25) is 14.4 Å². The van der Waals surface area contributed by atoms with Crippen molar-refractivity contribution in [3.63, 3.8) is 0 Å². The first kappa shape index (κ1) is 73.8. The Hall–Kier alpha value is -3.15. The van der Waals surface area contributed by atoms with Crippen molar-refractivity contribution in [1.82, 2.24) is 0 Å². The van der Waals surface area contributed by atoms with Crippen molar-refractivity contribution in [2.24, 2.45) is 0 Å². The molecule has 0 heterocycles. The zero-order valence-corrected chi connectivity index (χ0v) is 51.2. The summed E-state index contributed by atoms with van der Waals surface area (Å²) >= 11 is 0. The number of carbonyl (C=O) groups is 3. The predicted molar refractivity (Wildman–Crippen MR) is 335 cm³/mol. The lowest BCUT2D eigenvalue weighted by Crippen LogP contribution is -2.30. The maximum Gasteiger partial charge on any atom is 0.306 e. The van der Waals surface area contributed by atoms with E-state index in [9.17, 15) is 14.4 Å². The molecule has 6 heteroatoms. The summed E-state index contributed by atoms with van der Waals surface area (Å²) in [5.74, 6) is -0.860. The molecule has 0 aromatic carbocycles. The summed E-state index contributed by atoms with van der Waals surface area (Å²) < 4.78 is 16.9. The van der Waals surface area contributed by atoms with Crippen LogP contribution in [0, 0.1) is 0 Å². The molecule has 0 aliphatic heterocycles. The van der Waals surface area contributed by atoms with Gasteiger partial charge in [0.05, 0.1) is 0 Å². The van der Waals surface area contributed by atoms with Gasteiger partial charge in [0.1, 0.15) is 13.2 Å². The fraction of sp³-hybridized carbons (Fsp3) is 0.789. The van der Waals surface area contributed by atoms with E-state index in [0.29, 0.717) is 19.3 Å². The number of hydrogen-bond donors (Lipinski definition) is 0. The van der Waals surface area contributed by atoms with Crippen molar-refractivity contribution in [3.05, 3.63) is 72.9 Å². The van der Waals surface area contributed by atoms with Gasteiger partial charge in [-0.1, -0.05) is 306 Å². The van der Waals surface area contributed by atoms with Gasteiger partial charge in [-0.2, -0.15) is 0 Å². The van der Waals surface area contributed by atoms with Crippen molar-refractivity contribution < 1.29 is 28.6 Å². The molecule has 6 nitrogen and oxygen atoms in total. The lowest BCUT2D eigenvalue weighted by molar-refractivity contribution is -0.167. The average molecular weight is 1080 g/mol. The van der Waals surface area contributed by atoms with Gasteiger partial charge < -0.3 is 14.2 Å². The van der Waals surface area contributed by atoms with Gasteiger partial charge in [0.15, 0.2) is 6.10 Å². The Labute approximate surface area is 478 Å². The number of unbranched alkanes of at least 4 members (excludes halogenated alkanes) is 38. The van der Waals surface area contributed by atoms with Crippen LogP contribution in [0.2, 0.25) is 0 Å². The van der Waals surface area contributed by atoms with Crippen LogP contribution in [0.25, 0.3) is 0 Å². The van der Waals surface area contributed by atoms with Crippen molar-refractivity contribution in [1.29, 1.82) is 0 Å². The number of allylic oxidation sites excluding steroid dienone is 12.